The number of ketones is 1. The predicted molar refractivity (Wildman–Crippen MR) is 96.1 cm³/mol. The molecule has 0 radical (unpaired) electrons. The number of carbonyl (C=O) groups excluding carboxylic acids is 3. The van der Waals surface area contributed by atoms with Crippen molar-refractivity contribution in [3.63, 3.8) is 0 Å². The summed E-state index contributed by atoms with van der Waals surface area (Å²) in [5.74, 6) is -3.32. The van der Waals surface area contributed by atoms with Crippen LogP contribution < -0.4 is 5.32 Å². The van der Waals surface area contributed by atoms with Gasteiger partial charge in [0.1, 0.15) is 5.92 Å². The first-order chi connectivity index (χ1) is 12.3. The van der Waals surface area contributed by atoms with Crippen LogP contribution >= 0.6 is 23.2 Å². The molecule has 3 unspecified atom stereocenters. The monoisotopic (exact) mass is 395 g/mol. The Labute approximate surface area is 161 Å². The molecule has 0 bridgehead atoms. The fourth-order valence-electron chi connectivity index (χ4n) is 4.93. The summed E-state index contributed by atoms with van der Waals surface area (Å²) in [6.45, 7) is 2.06. The van der Waals surface area contributed by atoms with Gasteiger partial charge in [-0.25, -0.2) is 0 Å². The molecule has 1 heterocycles. The summed E-state index contributed by atoms with van der Waals surface area (Å²) in [4.78, 5) is 35.7. The van der Waals surface area contributed by atoms with Crippen LogP contribution in [0.15, 0.2) is 6.07 Å². The van der Waals surface area contributed by atoms with Crippen LogP contribution in [0.1, 0.15) is 61.3 Å². The molecule has 0 spiro atoms. The standard InChI is InChI=1S/C19H19Cl2NO4/c1-19(9-4-2-3-5-9)7-8-6-10(12-15(23)18(26)22-17(12)25)13(20)14(21)11(8)16(19)24/h6,9,12,16,24H,2-5,7H2,1H3,(H,22,25,26). The van der Waals surface area contributed by atoms with E-state index in [-0.39, 0.29) is 21.0 Å². The van der Waals surface area contributed by atoms with Crippen LogP contribution in [0.4, 0.5) is 0 Å². The minimum atomic E-state index is -1.27. The molecule has 2 fully saturated rings. The molecule has 2 N–H and O–H groups in total. The maximum Gasteiger partial charge on any atom is 0.295 e. The number of halogens is 2. The van der Waals surface area contributed by atoms with Crippen molar-refractivity contribution >= 4 is 40.8 Å². The predicted octanol–water partition coefficient (Wildman–Crippen LogP) is 3.09. The number of benzene rings is 1. The van der Waals surface area contributed by atoms with E-state index in [4.69, 9.17) is 23.2 Å². The van der Waals surface area contributed by atoms with Gasteiger partial charge in [-0.15, -0.1) is 0 Å². The van der Waals surface area contributed by atoms with E-state index in [1.165, 1.54) is 0 Å². The van der Waals surface area contributed by atoms with Crippen molar-refractivity contribution in [1.29, 1.82) is 0 Å². The summed E-state index contributed by atoms with van der Waals surface area (Å²) in [7, 11) is 0. The smallest absolute Gasteiger partial charge is 0.295 e. The zero-order valence-electron chi connectivity index (χ0n) is 14.3. The third-order valence-electron chi connectivity index (χ3n) is 6.41. The van der Waals surface area contributed by atoms with Crippen LogP contribution in [0.5, 0.6) is 0 Å². The number of hydrogen-bond acceptors (Lipinski definition) is 4. The van der Waals surface area contributed by atoms with Crippen molar-refractivity contribution in [3.05, 3.63) is 32.8 Å². The summed E-state index contributed by atoms with van der Waals surface area (Å²) < 4.78 is 0. The van der Waals surface area contributed by atoms with E-state index in [1.807, 2.05) is 5.32 Å². The molecule has 1 aliphatic heterocycles. The fourth-order valence-corrected chi connectivity index (χ4v) is 5.53. The molecule has 3 aliphatic rings. The minimum Gasteiger partial charge on any atom is -0.388 e. The largest absolute Gasteiger partial charge is 0.388 e. The van der Waals surface area contributed by atoms with E-state index in [0.29, 0.717) is 17.9 Å². The van der Waals surface area contributed by atoms with Crippen LogP contribution in [-0.4, -0.2) is 22.7 Å². The lowest BCUT2D eigenvalue weighted by molar-refractivity contribution is -0.135. The molecule has 26 heavy (non-hydrogen) atoms. The Morgan fingerprint density at radius 2 is 1.81 bits per heavy atom. The van der Waals surface area contributed by atoms with E-state index < -0.39 is 29.6 Å². The SMILES string of the molecule is CC1(C2CCCC2)Cc2cc(C3C(=O)NC(=O)C3=O)c(Cl)c(Cl)c2C1O. The number of aliphatic hydroxyl groups excluding tert-OH is 1. The van der Waals surface area contributed by atoms with Gasteiger partial charge in [0.05, 0.1) is 16.1 Å². The Morgan fingerprint density at radius 1 is 1.15 bits per heavy atom. The quantitative estimate of drug-likeness (QED) is 0.457. The molecule has 1 aromatic carbocycles. The first kappa shape index (κ1) is 18.0. The lowest BCUT2D eigenvalue weighted by Crippen LogP contribution is -2.30. The normalized spacial score (nSPS) is 31.6. The van der Waals surface area contributed by atoms with Crippen molar-refractivity contribution in [2.75, 3.05) is 0 Å². The molecule has 7 heteroatoms. The number of rotatable bonds is 2. The number of hydrogen-bond donors (Lipinski definition) is 2. The summed E-state index contributed by atoms with van der Waals surface area (Å²) in [6.07, 6.45) is 4.31. The van der Waals surface area contributed by atoms with E-state index >= 15 is 0 Å². The molecular formula is C19H19Cl2NO4. The highest BCUT2D eigenvalue weighted by Gasteiger charge is 2.50. The van der Waals surface area contributed by atoms with Gasteiger partial charge in [0.15, 0.2) is 0 Å². The lowest BCUT2D eigenvalue weighted by atomic mass is 9.72. The number of fused-ring (bicyclic) bond motifs is 1. The molecule has 2 aliphatic carbocycles. The average Bonchev–Trinajstić information content (AvgIpc) is 3.26. The zero-order valence-corrected chi connectivity index (χ0v) is 15.8. The molecule has 2 amide bonds. The second-order valence-electron chi connectivity index (χ2n) is 7.85. The topological polar surface area (TPSA) is 83.5 Å². The van der Waals surface area contributed by atoms with Crippen molar-refractivity contribution in [1.82, 2.24) is 5.32 Å². The molecule has 1 saturated carbocycles. The van der Waals surface area contributed by atoms with Gasteiger partial charge in [-0.05, 0) is 36.3 Å². The molecule has 1 saturated heterocycles. The first-order valence-electron chi connectivity index (χ1n) is 8.83. The summed E-state index contributed by atoms with van der Waals surface area (Å²) >= 11 is 12.8. The maximum absolute atomic E-state index is 12.1. The molecule has 4 rings (SSSR count). The highest BCUT2D eigenvalue weighted by atomic mass is 35.5. The number of Topliss-reactive ketones (excluding diaryl/α,β-unsaturated/α-hetero) is 1. The van der Waals surface area contributed by atoms with E-state index in [2.05, 4.69) is 6.92 Å². The van der Waals surface area contributed by atoms with Gasteiger partial charge in [-0.2, -0.15) is 0 Å². The Morgan fingerprint density at radius 3 is 2.38 bits per heavy atom. The molecule has 1 aromatic rings. The van der Waals surface area contributed by atoms with Gasteiger partial charge in [0.25, 0.3) is 5.91 Å². The van der Waals surface area contributed by atoms with Gasteiger partial charge in [0.2, 0.25) is 11.7 Å². The van der Waals surface area contributed by atoms with Gasteiger partial charge in [0, 0.05) is 11.0 Å². The van der Waals surface area contributed by atoms with Crippen molar-refractivity contribution in [2.45, 2.75) is 51.0 Å². The molecule has 3 atom stereocenters. The number of imide groups is 1. The van der Waals surface area contributed by atoms with Gasteiger partial charge >= 0.3 is 0 Å². The first-order valence-corrected chi connectivity index (χ1v) is 9.59. The van der Waals surface area contributed by atoms with E-state index in [9.17, 15) is 19.5 Å². The number of aliphatic hydroxyl groups is 1. The third-order valence-corrected chi connectivity index (χ3v) is 7.31. The van der Waals surface area contributed by atoms with Crippen molar-refractivity contribution in [2.24, 2.45) is 11.3 Å². The van der Waals surface area contributed by atoms with Crippen LogP contribution in [0, 0.1) is 11.3 Å². The molecule has 0 aromatic heterocycles. The Hall–Kier alpha value is -1.43. The van der Waals surface area contributed by atoms with Crippen LogP contribution in [0.2, 0.25) is 10.0 Å². The molecular weight excluding hydrogens is 377 g/mol. The van der Waals surface area contributed by atoms with Gasteiger partial charge < -0.3 is 5.11 Å². The van der Waals surface area contributed by atoms with Gasteiger partial charge in [-0.3, -0.25) is 19.7 Å². The highest BCUT2D eigenvalue weighted by molar-refractivity contribution is 6.51. The Balaban J connectivity index is 1.80. The second kappa shape index (κ2) is 6.04. The van der Waals surface area contributed by atoms with E-state index in [1.54, 1.807) is 6.07 Å². The van der Waals surface area contributed by atoms with Crippen molar-refractivity contribution in [3.8, 4) is 0 Å². The fraction of sp³-hybridized carbons (Fsp3) is 0.526. The van der Waals surface area contributed by atoms with Crippen molar-refractivity contribution < 1.29 is 19.5 Å². The van der Waals surface area contributed by atoms with Crippen LogP contribution in [0.3, 0.4) is 0 Å². The number of carbonyl (C=O) groups is 3. The highest BCUT2D eigenvalue weighted by Crippen LogP contribution is 2.57. The average molecular weight is 396 g/mol. The molecule has 5 nitrogen and oxygen atoms in total. The maximum atomic E-state index is 12.1. The summed E-state index contributed by atoms with van der Waals surface area (Å²) in [6, 6.07) is 1.67. The second-order valence-corrected chi connectivity index (χ2v) is 8.60. The Kier molecular flexibility index (Phi) is 4.17. The number of amides is 2. The Bertz CT molecular complexity index is 846. The third kappa shape index (κ3) is 2.37. The molecule has 138 valence electrons. The minimum absolute atomic E-state index is 0.0586. The summed E-state index contributed by atoms with van der Waals surface area (Å²) in [5, 5.41) is 13.3. The number of nitrogens with one attached hydrogen (secondary N) is 1. The van der Waals surface area contributed by atoms with E-state index in [0.717, 1.165) is 31.2 Å². The zero-order chi connectivity index (χ0) is 18.8. The summed E-state index contributed by atoms with van der Waals surface area (Å²) in [5.41, 5.74) is 1.29. The van der Waals surface area contributed by atoms with Crippen LogP contribution in [0.25, 0.3) is 0 Å². The van der Waals surface area contributed by atoms with Crippen LogP contribution in [-0.2, 0) is 20.8 Å². The lowest BCUT2D eigenvalue weighted by Gasteiger charge is -2.35. The van der Waals surface area contributed by atoms with Gasteiger partial charge in [-0.1, -0.05) is 49.0 Å².